The van der Waals surface area contributed by atoms with Gasteiger partial charge < -0.3 is 0 Å². The summed E-state index contributed by atoms with van der Waals surface area (Å²) in [5, 5.41) is 0. The summed E-state index contributed by atoms with van der Waals surface area (Å²) < 4.78 is 0. The summed E-state index contributed by atoms with van der Waals surface area (Å²) in [6.07, 6.45) is 13.1. The first-order valence-electron chi connectivity index (χ1n) is 17.0. The van der Waals surface area contributed by atoms with Crippen molar-refractivity contribution in [2.75, 3.05) is 0 Å². The Hall–Kier alpha value is -4.63. The molecule has 3 nitrogen and oxygen atoms in total. The summed E-state index contributed by atoms with van der Waals surface area (Å²) in [4.78, 5) is 15.5. The molecule has 0 atom stereocenters. The Bertz CT molecular complexity index is 2150. The van der Waals surface area contributed by atoms with E-state index in [1.54, 1.807) is 0 Å². The normalized spacial score (nSPS) is 17.9. The highest BCUT2D eigenvalue weighted by Crippen LogP contribution is 2.58. The van der Waals surface area contributed by atoms with E-state index in [9.17, 15) is 0 Å². The van der Waals surface area contributed by atoms with E-state index in [4.69, 9.17) is 15.0 Å². The molecule has 1 heterocycles. The Balaban J connectivity index is 1.28. The molecule has 0 saturated heterocycles. The van der Waals surface area contributed by atoms with Crippen LogP contribution in [0.3, 0.4) is 0 Å². The van der Waals surface area contributed by atoms with Crippen molar-refractivity contribution in [1.29, 1.82) is 0 Å². The highest BCUT2D eigenvalue weighted by Gasteiger charge is 2.43. The van der Waals surface area contributed by atoms with Crippen LogP contribution >= 0.6 is 0 Å². The Morgan fingerprint density at radius 1 is 0.543 bits per heavy atom. The van der Waals surface area contributed by atoms with Gasteiger partial charge in [0, 0.05) is 22.0 Å². The summed E-state index contributed by atoms with van der Waals surface area (Å²) in [5.41, 5.74) is 17.6. The molecule has 1 aromatic heterocycles. The summed E-state index contributed by atoms with van der Waals surface area (Å²) in [6.45, 7) is 9.62. The van der Waals surface area contributed by atoms with E-state index in [-0.39, 0.29) is 10.8 Å². The molecular formula is C43H39N3. The van der Waals surface area contributed by atoms with Crippen LogP contribution in [-0.2, 0) is 23.7 Å². The second-order valence-corrected chi connectivity index (χ2v) is 14.6. The second-order valence-electron chi connectivity index (χ2n) is 14.6. The maximum absolute atomic E-state index is 5.25. The smallest absolute Gasteiger partial charge is 0.164 e. The van der Waals surface area contributed by atoms with Crippen LogP contribution in [0.2, 0.25) is 0 Å². The lowest BCUT2D eigenvalue weighted by Gasteiger charge is -2.27. The highest BCUT2D eigenvalue weighted by molar-refractivity contribution is 5.92. The average molecular weight is 598 g/mol. The molecule has 0 unspecified atom stereocenters. The van der Waals surface area contributed by atoms with E-state index in [0.29, 0.717) is 0 Å². The topological polar surface area (TPSA) is 38.7 Å². The molecule has 0 N–H and O–H groups in total. The van der Waals surface area contributed by atoms with Gasteiger partial charge in [-0.15, -0.1) is 0 Å². The highest BCUT2D eigenvalue weighted by atomic mass is 15.0. The van der Waals surface area contributed by atoms with E-state index in [1.807, 2.05) is 6.07 Å². The van der Waals surface area contributed by atoms with Gasteiger partial charge in [0.1, 0.15) is 0 Å². The largest absolute Gasteiger partial charge is 0.209 e. The van der Waals surface area contributed by atoms with Crippen molar-refractivity contribution in [2.24, 2.45) is 0 Å². The maximum atomic E-state index is 5.25. The quantitative estimate of drug-likeness (QED) is 0.208. The molecule has 46 heavy (non-hydrogen) atoms. The number of aromatic nitrogens is 3. The molecule has 3 heteroatoms. The average Bonchev–Trinajstić information content (AvgIpc) is 3.46. The molecular weight excluding hydrogens is 558 g/mol. The zero-order valence-corrected chi connectivity index (χ0v) is 27.2. The van der Waals surface area contributed by atoms with Crippen LogP contribution in [-0.4, -0.2) is 15.0 Å². The van der Waals surface area contributed by atoms with Crippen molar-refractivity contribution in [3.8, 4) is 45.0 Å². The minimum Gasteiger partial charge on any atom is -0.209 e. The number of rotatable bonds is 3. The second kappa shape index (κ2) is 9.93. The Morgan fingerprint density at radius 2 is 1.20 bits per heavy atom. The van der Waals surface area contributed by atoms with Crippen molar-refractivity contribution in [3.63, 3.8) is 0 Å². The molecule has 226 valence electrons. The minimum atomic E-state index is -0.141. The summed E-state index contributed by atoms with van der Waals surface area (Å²) >= 11 is 0. The third-order valence-corrected chi connectivity index (χ3v) is 11.2. The molecule has 0 radical (unpaired) electrons. The minimum absolute atomic E-state index is 0.0219. The predicted octanol–water partition coefficient (Wildman–Crippen LogP) is 10.4. The first-order chi connectivity index (χ1) is 22.3. The molecule has 9 rings (SSSR count). The Kier molecular flexibility index (Phi) is 5.97. The zero-order chi connectivity index (χ0) is 31.2. The Morgan fingerprint density at radius 3 is 2.00 bits per heavy atom. The van der Waals surface area contributed by atoms with Crippen molar-refractivity contribution in [3.05, 3.63) is 130 Å². The van der Waals surface area contributed by atoms with Crippen LogP contribution in [0.4, 0.5) is 0 Å². The molecule has 0 bridgehead atoms. The third kappa shape index (κ3) is 3.93. The lowest BCUT2D eigenvalue weighted by Crippen LogP contribution is -2.17. The lowest BCUT2D eigenvalue weighted by atomic mass is 9.77. The summed E-state index contributed by atoms with van der Waals surface area (Å²) in [7, 11) is 0. The molecule has 5 aromatic rings. The van der Waals surface area contributed by atoms with Crippen LogP contribution < -0.4 is 0 Å². The number of hydrogen-bond donors (Lipinski definition) is 0. The molecule has 0 aliphatic heterocycles. The first kappa shape index (κ1) is 27.7. The molecule has 0 fully saturated rings. The van der Waals surface area contributed by atoms with E-state index >= 15 is 0 Å². The van der Waals surface area contributed by atoms with Gasteiger partial charge in [-0.1, -0.05) is 101 Å². The van der Waals surface area contributed by atoms with Gasteiger partial charge in [-0.2, -0.15) is 0 Å². The Labute approximate surface area is 272 Å². The van der Waals surface area contributed by atoms with Crippen LogP contribution in [0.15, 0.2) is 91.0 Å². The van der Waals surface area contributed by atoms with Gasteiger partial charge in [-0.3, -0.25) is 0 Å². The molecule has 0 spiro atoms. The van der Waals surface area contributed by atoms with Crippen molar-refractivity contribution < 1.29 is 0 Å². The van der Waals surface area contributed by atoms with Crippen LogP contribution in [0.1, 0.15) is 92.6 Å². The molecule has 0 saturated carbocycles. The fraction of sp³-hybridized carbons (Fsp3) is 0.279. The van der Waals surface area contributed by atoms with E-state index < -0.39 is 0 Å². The summed E-state index contributed by atoms with van der Waals surface area (Å²) in [5.74, 6) is 2.36. The lowest BCUT2D eigenvalue weighted by molar-refractivity contribution is 0.649. The van der Waals surface area contributed by atoms with Crippen molar-refractivity contribution >= 4 is 5.57 Å². The number of benzene rings is 4. The van der Waals surface area contributed by atoms with E-state index in [0.717, 1.165) is 48.7 Å². The third-order valence-electron chi connectivity index (χ3n) is 11.2. The van der Waals surface area contributed by atoms with Gasteiger partial charge >= 0.3 is 0 Å². The van der Waals surface area contributed by atoms with Crippen molar-refractivity contribution in [1.82, 2.24) is 15.0 Å². The standard InChI is InChI=1S/C43H39N3/c1-42(2)34-22-14-13-20-29(34)31-23-36-33(25-35(31)42)38-30-21-12-11-19-28(30)32(24-37(38)43(36,3)4)41-45-39(26-15-7-5-8-16-26)44-40(46-41)27-17-9-6-10-18-27/h5-9,13-17,20,22-25H,10-12,18-19,21H2,1-4H3. The van der Waals surface area contributed by atoms with Gasteiger partial charge in [0.25, 0.3) is 0 Å². The van der Waals surface area contributed by atoms with Gasteiger partial charge in [0.05, 0.1) is 0 Å². The van der Waals surface area contributed by atoms with E-state index in [1.165, 1.54) is 79.6 Å². The van der Waals surface area contributed by atoms with Gasteiger partial charge in [-0.05, 0) is 118 Å². The fourth-order valence-corrected chi connectivity index (χ4v) is 8.71. The van der Waals surface area contributed by atoms with Crippen LogP contribution in [0.5, 0.6) is 0 Å². The number of allylic oxidation sites excluding steroid dienone is 4. The number of nitrogens with zero attached hydrogens (tertiary/aromatic N) is 3. The maximum Gasteiger partial charge on any atom is 0.164 e. The van der Waals surface area contributed by atoms with Crippen LogP contribution in [0, 0.1) is 0 Å². The summed E-state index contributed by atoms with van der Waals surface area (Å²) in [6, 6.07) is 27.0. The molecule has 4 aliphatic rings. The molecule has 0 amide bonds. The van der Waals surface area contributed by atoms with Gasteiger partial charge in [0.15, 0.2) is 17.5 Å². The first-order valence-corrected chi connectivity index (χ1v) is 17.0. The number of hydrogen-bond acceptors (Lipinski definition) is 3. The number of fused-ring (bicyclic) bond motifs is 8. The molecule has 4 aliphatic carbocycles. The van der Waals surface area contributed by atoms with Crippen LogP contribution in [0.25, 0.3) is 50.6 Å². The van der Waals surface area contributed by atoms with Gasteiger partial charge in [-0.25, -0.2) is 15.0 Å². The zero-order valence-electron chi connectivity index (χ0n) is 27.2. The fourth-order valence-electron chi connectivity index (χ4n) is 8.71. The van der Waals surface area contributed by atoms with Crippen molar-refractivity contribution in [2.45, 2.75) is 77.0 Å². The predicted molar refractivity (Wildman–Crippen MR) is 189 cm³/mol. The van der Waals surface area contributed by atoms with E-state index in [2.05, 4.69) is 113 Å². The SMILES string of the molecule is CC1(C)c2ccccc2-c2cc3c(cc21)-c1c(cc(-c2nc(C4=CC=CCC4)nc(-c4ccccc4)n2)c2c1CCCC2)C3(C)C. The van der Waals surface area contributed by atoms with Gasteiger partial charge in [0.2, 0.25) is 0 Å². The molecule has 4 aromatic carbocycles. The monoisotopic (exact) mass is 597 g/mol.